The standard InChI is InChI=1S/C9H7FN4/c1-7-5-8(10)6-12-9(7)3-2-4-13-14-11/h5-6H,4H2,1H3. The molecule has 4 nitrogen and oxygen atoms in total. The van der Waals surface area contributed by atoms with E-state index in [1.165, 1.54) is 6.07 Å². The largest absolute Gasteiger partial charge is 0.244 e. The van der Waals surface area contributed by atoms with E-state index >= 15 is 0 Å². The topological polar surface area (TPSA) is 61.7 Å². The Labute approximate surface area is 80.4 Å². The van der Waals surface area contributed by atoms with E-state index in [0.717, 1.165) is 6.20 Å². The van der Waals surface area contributed by atoms with Crippen LogP contribution in [0.15, 0.2) is 17.4 Å². The van der Waals surface area contributed by atoms with E-state index < -0.39 is 0 Å². The minimum absolute atomic E-state index is 0.0923. The van der Waals surface area contributed by atoms with Crippen molar-refractivity contribution in [1.82, 2.24) is 4.98 Å². The van der Waals surface area contributed by atoms with Crippen LogP contribution in [-0.4, -0.2) is 11.5 Å². The molecule has 0 atom stereocenters. The molecule has 0 aliphatic rings. The average Bonchev–Trinajstić information content (AvgIpc) is 2.15. The smallest absolute Gasteiger partial charge is 0.141 e. The molecule has 1 heterocycles. The summed E-state index contributed by atoms with van der Waals surface area (Å²) in [5.41, 5.74) is 9.14. The zero-order valence-corrected chi connectivity index (χ0v) is 7.53. The number of rotatable bonds is 1. The minimum Gasteiger partial charge on any atom is -0.244 e. The Bertz CT molecular complexity index is 438. The van der Waals surface area contributed by atoms with E-state index in [1.807, 2.05) is 0 Å². The zero-order valence-electron chi connectivity index (χ0n) is 7.53. The van der Waals surface area contributed by atoms with Crippen LogP contribution in [0.2, 0.25) is 0 Å². The van der Waals surface area contributed by atoms with Crippen molar-refractivity contribution in [2.24, 2.45) is 5.11 Å². The second-order valence-electron chi connectivity index (χ2n) is 2.51. The third-order valence-corrected chi connectivity index (χ3v) is 1.46. The van der Waals surface area contributed by atoms with E-state index in [1.54, 1.807) is 6.92 Å². The molecule has 14 heavy (non-hydrogen) atoms. The Morgan fingerprint density at radius 2 is 2.50 bits per heavy atom. The van der Waals surface area contributed by atoms with Gasteiger partial charge in [0, 0.05) is 4.91 Å². The molecule has 5 heteroatoms. The van der Waals surface area contributed by atoms with Crippen molar-refractivity contribution in [2.45, 2.75) is 6.92 Å². The summed E-state index contributed by atoms with van der Waals surface area (Å²) in [7, 11) is 0. The number of halogens is 1. The van der Waals surface area contributed by atoms with Crippen LogP contribution in [0.25, 0.3) is 10.4 Å². The van der Waals surface area contributed by atoms with Gasteiger partial charge in [0.1, 0.15) is 11.5 Å². The number of azide groups is 1. The van der Waals surface area contributed by atoms with Crippen molar-refractivity contribution < 1.29 is 4.39 Å². The molecule has 0 saturated heterocycles. The maximum Gasteiger partial charge on any atom is 0.141 e. The van der Waals surface area contributed by atoms with E-state index in [9.17, 15) is 4.39 Å². The van der Waals surface area contributed by atoms with Crippen LogP contribution in [0.5, 0.6) is 0 Å². The lowest BCUT2D eigenvalue weighted by molar-refractivity contribution is 0.619. The third-order valence-electron chi connectivity index (χ3n) is 1.46. The molecule has 1 aromatic rings. The summed E-state index contributed by atoms with van der Waals surface area (Å²) in [5, 5.41) is 3.24. The molecule has 0 aromatic carbocycles. The first-order valence-corrected chi connectivity index (χ1v) is 3.86. The lowest BCUT2D eigenvalue weighted by Gasteiger charge is -1.95. The van der Waals surface area contributed by atoms with E-state index in [0.29, 0.717) is 11.3 Å². The summed E-state index contributed by atoms with van der Waals surface area (Å²) in [6, 6.07) is 1.35. The molecule has 0 radical (unpaired) electrons. The quantitative estimate of drug-likeness (QED) is 0.290. The van der Waals surface area contributed by atoms with Crippen molar-refractivity contribution in [1.29, 1.82) is 0 Å². The number of nitrogens with zero attached hydrogens (tertiary/aromatic N) is 4. The molecule has 0 aliphatic heterocycles. The van der Waals surface area contributed by atoms with Gasteiger partial charge in [0.25, 0.3) is 0 Å². The summed E-state index contributed by atoms with van der Waals surface area (Å²) in [6.07, 6.45) is 1.10. The second kappa shape index (κ2) is 4.85. The van der Waals surface area contributed by atoms with Gasteiger partial charge in [-0.05, 0) is 30.0 Å². The highest BCUT2D eigenvalue weighted by atomic mass is 19.1. The maximum atomic E-state index is 12.6. The molecule has 0 aliphatic carbocycles. The van der Waals surface area contributed by atoms with Gasteiger partial charge in [0.2, 0.25) is 0 Å². The first-order valence-electron chi connectivity index (χ1n) is 3.86. The molecule has 70 valence electrons. The summed E-state index contributed by atoms with van der Waals surface area (Å²) in [6.45, 7) is 1.81. The van der Waals surface area contributed by atoms with Crippen LogP contribution in [-0.2, 0) is 0 Å². The molecule has 0 spiro atoms. The first kappa shape index (κ1) is 10.0. The molecule has 0 N–H and O–H groups in total. The molecule has 0 amide bonds. The van der Waals surface area contributed by atoms with Gasteiger partial charge in [-0.1, -0.05) is 11.0 Å². The molecule has 1 rings (SSSR count). The second-order valence-corrected chi connectivity index (χ2v) is 2.51. The fraction of sp³-hybridized carbons (Fsp3) is 0.222. The monoisotopic (exact) mass is 190 g/mol. The van der Waals surface area contributed by atoms with Gasteiger partial charge in [-0.25, -0.2) is 9.37 Å². The Morgan fingerprint density at radius 1 is 1.71 bits per heavy atom. The van der Waals surface area contributed by atoms with Crippen LogP contribution in [0.1, 0.15) is 11.3 Å². The van der Waals surface area contributed by atoms with E-state index in [-0.39, 0.29) is 12.4 Å². The summed E-state index contributed by atoms with van der Waals surface area (Å²) >= 11 is 0. The fourth-order valence-corrected chi connectivity index (χ4v) is 0.862. The fourth-order valence-electron chi connectivity index (χ4n) is 0.862. The van der Waals surface area contributed by atoms with Crippen LogP contribution >= 0.6 is 0 Å². The van der Waals surface area contributed by atoms with Gasteiger partial charge in [-0.15, -0.1) is 0 Å². The van der Waals surface area contributed by atoms with E-state index in [4.69, 9.17) is 5.53 Å². The van der Waals surface area contributed by atoms with Crippen LogP contribution in [0.3, 0.4) is 0 Å². The van der Waals surface area contributed by atoms with Gasteiger partial charge in [0.15, 0.2) is 0 Å². The molecule has 0 saturated carbocycles. The first-order chi connectivity index (χ1) is 6.74. The van der Waals surface area contributed by atoms with Crippen molar-refractivity contribution in [3.63, 3.8) is 0 Å². The number of aromatic nitrogens is 1. The number of hydrogen-bond donors (Lipinski definition) is 0. The molecule has 0 fully saturated rings. The Kier molecular flexibility index (Phi) is 3.48. The average molecular weight is 190 g/mol. The van der Waals surface area contributed by atoms with Gasteiger partial charge < -0.3 is 0 Å². The zero-order chi connectivity index (χ0) is 10.4. The van der Waals surface area contributed by atoms with Gasteiger partial charge in [-0.3, -0.25) is 0 Å². The third kappa shape index (κ3) is 2.77. The highest BCUT2D eigenvalue weighted by Gasteiger charge is 1.96. The Hall–Kier alpha value is -2.05. The van der Waals surface area contributed by atoms with Gasteiger partial charge in [-0.2, -0.15) is 0 Å². The van der Waals surface area contributed by atoms with Crippen LogP contribution < -0.4 is 0 Å². The van der Waals surface area contributed by atoms with E-state index in [2.05, 4.69) is 26.9 Å². The van der Waals surface area contributed by atoms with Crippen LogP contribution in [0.4, 0.5) is 4.39 Å². The summed E-state index contributed by atoms with van der Waals surface area (Å²) in [5.74, 6) is 4.90. The molecular weight excluding hydrogens is 183 g/mol. The van der Waals surface area contributed by atoms with Crippen molar-refractivity contribution in [3.05, 3.63) is 39.8 Å². The normalized spacial score (nSPS) is 8.43. The SMILES string of the molecule is Cc1cc(F)cnc1C#CCN=[N+]=[N-]. The highest BCUT2D eigenvalue weighted by Crippen LogP contribution is 2.04. The van der Waals surface area contributed by atoms with Crippen molar-refractivity contribution in [2.75, 3.05) is 6.54 Å². The summed E-state index contributed by atoms with van der Waals surface area (Å²) in [4.78, 5) is 6.34. The predicted molar refractivity (Wildman–Crippen MR) is 49.8 cm³/mol. The highest BCUT2D eigenvalue weighted by molar-refractivity contribution is 5.34. The molecule has 0 unspecified atom stereocenters. The van der Waals surface area contributed by atoms with Crippen LogP contribution in [0, 0.1) is 24.6 Å². The maximum absolute atomic E-state index is 12.6. The van der Waals surface area contributed by atoms with Gasteiger partial charge in [0.05, 0.1) is 12.7 Å². The lowest BCUT2D eigenvalue weighted by atomic mass is 10.2. The minimum atomic E-state index is -0.386. The number of pyridine rings is 1. The number of aryl methyl sites for hydroxylation is 1. The van der Waals surface area contributed by atoms with Crippen molar-refractivity contribution >= 4 is 0 Å². The molecule has 0 bridgehead atoms. The predicted octanol–water partition coefficient (Wildman–Crippen LogP) is 2.19. The molecule has 1 aromatic heterocycles. The van der Waals surface area contributed by atoms with Crippen molar-refractivity contribution in [3.8, 4) is 11.8 Å². The molecular formula is C9H7FN4. The Balaban J connectivity index is 2.84. The number of hydrogen-bond acceptors (Lipinski definition) is 2. The Morgan fingerprint density at radius 3 is 3.14 bits per heavy atom. The lowest BCUT2D eigenvalue weighted by Crippen LogP contribution is -1.89. The summed E-state index contributed by atoms with van der Waals surface area (Å²) < 4.78 is 12.6. The van der Waals surface area contributed by atoms with Gasteiger partial charge >= 0.3 is 0 Å².